The van der Waals surface area contributed by atoms with Crippen molar-refractivity contribution in [2.45, 2.75) is 6.92 Å². The Bertz CT molecular complexity index is 790. The molecule has 0 heterocycles. The van der Waals surface area contributed by atoms with Gasteiger partial charge in [0.25, 0.3) is 11.6 Å². The van der Waals surface area contributed by atoms with Gasteiger partial charge in [-0.1, -0.05) is 17.7 Å². The van der Waals surface area contributed by atoms with Crippen LogP contribution in [0.15, 0.2) is 48.5 Å². The van der Waals surface area contributed by atoms with E-state index in [1.165, 1.54) is 12.1 Å². The fraction of sp³-hybridized carbons (Fsp3) is 0.222. The van der Waals surface area contributed by atoms with Gasteiger partial charge in [-0.15, -0.1) is 0 Å². The molecule has 0 saturated carbocycles. The Kier molecular flexibility index (Phi) is 6.67. The van der Waals surface area contributed by atoms with E-state index < -0.39 is 4.92 Å². The molecule has 0 unspecified atom stereocenters. The number of carbonyl (C=O) groups is 2. The van der Waals surface area contributed by atoms with E-state index >= 15 is 0 Å². The number of rotatable bonds is 8. The van der Waals surface area contributed by atoms with Crippen LogP contribution in [0.25, 0.3) is 0 Å². The van der Waals surface area contributed by atoms with E-state index in [0.29, 0.717) is 18.7 Å². The lowest BCUT2D eigenvalue weighted by molar-refractivity contribution is -0.384. The zero-order chi connectivity index (χ0) is 18.9. The molecule has 2 rings (SSSR count). The van der Waals surface area contributed by atoms with Gasteiger partial charge < -0.3 is 16.0 Å². The SMILES string of the molecule is Cc1cccc(C(=O)NCC(=O)NCCNc2ccc([N+](=O)[O-])cc2)c1. The molecule has 0 atom stereocenters. The van der Waals surface area contributed by atoms with E-state index in [-0.39, 0.29) is 24.0 Å². The third-order valence-electron chi connectivity index (χ3n) is 3.54. The van der Waals surface area contributed by atoms with Gasteiger partial charge in [0.2, 0.25) is 5.91 Å². The van der Waals surface area contributed by atoms with Gasteiger partial charge in [-0.3, -0.25) is 19.7 Å². The molecule has 2 aromatic rings. The molecule has 0 aliphatic heterocycles. The van der Waals surface area contributed by atoms with Crippen LogP contribution in [0, 0.1) is 17.0 Å². The maximum Gasteiger partial charge on any atom is 0.269 e. The summed E-state index contributed by atoms with van der Waals surface area (Å²) in [5.41, 5.74) is 2.22. The highest BCUT2D eigenvalue weighted by Crippen LogP contribution is 2.14. The first-order chi connectivity index (χ1) is 12.5. The molecule has 0 aliphatic carbocycles. The molecule has 0 spiro atoms. The molecule has 0 aromatic heterocycles. The minimum Gasteiger partial charge on any atom is -0.383 e. The third kappa shape index (κ3) is 5.90. The summed E-state index contributed by atoms with van der Waals surface area (Å²) in [5.74, 6) is -0.593. The van der Waals surface area contributed by atoms with Crippen molar-refractivity contribution < 1.29 is 14.5 Å². The highest BCUT2D eigenvalue weighted by Gasteiger charge is 2.08. The normalized spacial score (nSPS) is 10.0. The molecule has 0 aliphatic rings. The molecule has 2 aromatic carbocycles. The molecule has 8 heteroatoms. The fourth-order valence-electron chi connectivity index (χ4n) is 2.22. The van der Waals surface area contributed by atoms with E-state index in [1.807, 2.05) is 13.0 Å². The average Bonchev–Trinajstić information content (AvgIpc) is 2.63. The number of aryl methyl sites for hydroxylation is 1. The van der Waals surface area contributed by atoms with Crippen LogP contribution in [0.2, 0.25) is 0 Å². The summed E-state index contributed by atoms with van der Waals surface area (Å²) in [7, 11) is 0. The molecule has 2 amide bonds. The standard InChI is InChI=1S/C18H20N4O4/c1-13-3-2-4-14(11-13)18(24)21-12-17(23)20-10-9-19-15-5-7-16(8-6-15)22(25)26/h2-8,11,19H,9-10,12H2,1H3,(H,20,23)(H,21,24). The van der Waals surface area contributed by atoms with Crippen LogP contribution >= 0.6 is 0 Å². The van der Waals surface area contributed by atoms with Crippen LogP contribution in [0.4, 0.5) is 11.4 Å². The summed E-state index contributed by atoms with van der Waals surface area (Å²) < 4.78 is 0. The van der Waals surface area contributed by atoms with Crippen molar-refractivity contribution in [2.24, 2.45) is 0 Å². The van der Waals surface area contributed by atoms with E-state index in [1.54, 1.807) is 30.3 Å². The van der Waals surface area contributed by atoms with Crippen molar-refractivity contribution >= 4 is 23.2 Å². The minimum atomic E-state index is -0.463. The number of hydrogen-bond acceptors (Lipinski definition) is 5. The van der Waals surface area contributed by atoms with Crippen molar-refractivity contribution in [3.8, 4) is 0 Å². The number of nitrogens with zero attached hydrogens (tertiary/aromatic N) is 1. The quantitative estimate of drug-likeness (QED) is 0.380. The Hall–Kier alpha value is -3.42. The first kappa shape index (κ1) is 18.9. The largest absolute Gasteiger partial charge is 0.383 e. The molecule has 136 valence electrons. The van der Waals surface area contributed by atoms with Gasteiger partial charge in [0.15, 0.2) is 0 Å². The lowest BCUT2D eigenvalue weighted by Crippen LogP contribution is -2.38. The summed E-state index contributed by atoms with van der Waals surface area (Å²) >= 11 is 0. The number of nitro benzene ring substituents is 1. The van der Waals surface area contributed by atoms with Gasteiger partial charge in [-0.25, -0.2) is 0 Å². The monoisotopic (exact) mass is 356 g/mol. The number of nitrogens with one attached hydrogen (secondary N) is 3. The van der Waals surface area contributed by atoms with Gasteiger partial charge in [0, 0.05) is 36.5 Å². The topological polar surface area (TPSA) is 113 Å². The maximum atomic E-state index is 11.9. The smallest absolute Gasteiger partial charge is 0.269 e. The number of non-ortho nitro benzene ring substituents is 1. The molecule has 0 radical (unpaired) electrons. The molecule has 8 nitrogen and oxygen atoms in total. The van der Waals surface area contributed by atoms with Crippen LogP contribution in [0.5, 0.6) is 0 Å². The van der Waals surface area contributed by atoms with Crippen LogP contribution in [0.1, 0.15) is 15.9 Å². The van der Waals surface area contributed by atoms with Crippen LogP contribution < -0.4 is 16.0 Å². The van der Waals surface area contributed by atoms with Gasteiger partial charge in [-0.05, 0) is 31.2 Å². The lowest BCUT2D eigenvalue weighted by atomic mass is 10.1. The number of nitro groups is 1. The predicted molar refractivity (Wildman–Crippen MR) is 98.1 cm³/mol. The molecular weight excluding hydrogens is 336 g/mol. The Morgan fingerprint density at radius 3 is 2.42 bits per heavy atom. The lowest BCUT2D eigenvalue weighted by Gasteiger charge is -2.09. The summed E-state index contributed by atoms with van der Waals surface area (Å²) in [4.78, 5) is 33.8. The zero-order valence-electron chi connectivity index (χ0n) is 14.3. The van der Waals surface area contributed by atoms with E-state index in [9.17, 15) is 19.7 Å². The third-order valence-corrected chi connectivity index (χ3v) is 3.54. The van der Waals surface area contributed by atoms with Crippen molar-refractivity contribution in [3.63, 3.8) is 0 Å². The van der Waals surface area contributed by atoms with Crippen LogP contribution in [-0.2, 0) is 4.79 Å². The van der Waals surface area contributed by atoms with Crippen molar-refractivity contribution in [1.29, 1.82) is 0 Å². The van der Waals surface area contributed by atoms with E-state index in [4.69, 9.17) is 0 Å². The molecule has 0 fully saturated rings. The van der Waals surface area contributed by atoms with Gasteiger partial charge in [-0.2, -0.15) is 0 Å². The molecule has 26 heavy (non-hydrogen) atoms. The van der Waals surface area contributed by atoms with Gasteiger partial charge in [0.05, 0.1) is 11.5 Å². The Labute approximate surface area is 150 Å². The second-order valence-electron chi connectivity index (χ2n) is 5.63. The zero-order valence-corrected chi connectivity index (χ0v) is 14.3. The maximum absolute atomic E-state index is 11.9. The Morgan fingerprint density at radius 1 is 1.04 bits per heavy atom. The van der Waals surface area contributed by atoms with E-state index in [0.717, 1.165) is 11.3 Å². The van der Waals surface area contributed by atoms with Crippen molar-refractivity contribution in [3.05, 3.63) is 69.8 Å². The predicted octanol–water partition coefficient (Wildman–Crippen LogP) is 1.86. The summed E-state index contributed by atoms with van der Waals surface area (Å²) in [6.45, 7) is 2.59. The van der Waals surface area contributed by atoms with Gasteiger partial charge in [0.1, 0.15) is 0 Å². The Balaban J connectivity index is 1.65. The number of benzene rings is 2. The molecule has 3 N–H and O–H groups in total. The summed E-state index contributed by atoms with van der Waals surface area (Å²) in [6, 6.07) is 13.1. The minimum absolute atomic E-state index is 0.0215. The van der Waals surface area contributed by atoms with Crippen LogP contribution in [-0.4, -0.2) is 36.4 Å². The summed E-state index contributed by atoms with van der Waals surface area (Å²) in [6.07, 6.45) is 0. The molecule has 0 bridgehead atoms. The summed E-state index contributed by atoms with van der Waals surface area (Å²) in [5, 5.41) is 18.9. The fourth-order valence-corrected chi connectivity index (χ4v) is 2.22. The molecule has 0 saturated heterocycles. The number of hydrogen-bond donors (Lipinski definition) is 3. The first-order valence-electron chi connectivity index (χ1n) is 8.05. The Morgan fingerprint density at radius 2 is 1.77 bits per heavy atom. The van der Waals surface area contributed by atoms with Crippen molar-refractivity contribution in [2.75, 3.05) is 25.0 Å². The molecular formula is C18H20N4O4. The second-order valence-corrected chi connectivity index (χ2v) is 5.63. The number of anilines is 1. The number of amides is 2. The van der Waals surface area contributed by atoms with E-state index in [2.05, 4.69) is 16.0 Å². The van der Waals surface area contributed by atoms with Gasteiger partial charge >= 0.3 is 0 Å². The van der Waals surface area contributed by atoms with Crippen LogP contribution in [0.3, 0.4) is 0 Å². The number of carbonyl (C=O) groups excluding carboxylic acids is 2. The highest BCUT2D eigenvalue weighted by atomic mass is 16.6. The second kappa shape index (κ2) is 9.16. The average molecular weight is 356 g/mol. The highest BCUT2D eigenvalue weighted by molar-refractivity contribution is 5.96. The van der Waals surface area contributed by atoms with Crippen molar-refractivity contribution in [1.82, 2.24) is 10.6 Å². The first-order valence-corrected chi connectivity index (χ1v) is 8.05.